The summed E-state index contributed by atoms with van der Waals surface area (Å²) in [5.41, 5.74) is 1.83. The highest BCUT2D eigenvalue weighted by molar-refractivity contribution is 7.91. The molecule has 0 bridgehead atoms. The highest BCUT2D eigenvalue weighted by Crippen LogP contribution is 2.59. The number of hydrogen-bond acceptors (Lipinski definition) is 4. The molecule has 1 aromatic carbocycles. The Bertz CT molecular complexity index is 803. The number of amides is 1. The van der Waals surface area contributed by atoms with E-state index in [4.69, 9.17) is 0 Å². The van der Waals surface area contributed by atoms with Gasteiger partial charge in [-0.1, -0.05) is 29.8 Å². The van der Waals surface area contributed by atoms with Gasteiger partial charge in [-0.15, -0.1) is 0 Å². The van der Waals surface area contributed by atoms with Gasteiger partial charge in [0.1, 0.15) is 9.84 Å². The van der Waals surface area contributed by atoms with Crippen molar-refractivity contribution in [3.63, 3.8) is 0 Å². The molecule has 2 aliphatic rings. The maximum Gasteiger partial charge on any atom is 0.308 e. The Balaban J connectivity index is 1.53. The Labute approximate surface area is 153 Å². The SMILES string of the molecule is Cc1cccc(CC(CNC(=O)C2CC23CCS(=O)(=O)CC3)C(=O)O)c1. The molecule has 1 aliphatic carbocycles. The highest BCUT2D eigenvalue weighted by Gasteiger charge is 2.59. The van der Waals surface area contributed by atoms with Gasteiger partial charge in [-0.3, -0.25) is 9.59 Å². The van der Waals surface area contributed by atoms with Crippen LogP contribution >= 0.6 is 0 Å². The number of carbonyl (C=O) groups excluding carboxylic acids is 1. The summed E-state index contributed by atoms with van der Waals surface area (Å²) in [5.74, 6) is -1.61. The number of nitrogens with one attached hydrogen (secondary N) is 1. The molecule has 2 N–H and O–H groups in total. The lowest BCUT2D eigenvalue weighted by Crippen LogP contribution is -2.37. The molecule has 142 valence electrons. The third kappa shape index (κ3) is 4.26. The minimum Gasteiger partial charge on any atom is -0.481 e. The topological polar surface area (TPSA) is 101 Å². The second kappa shape index (κ2) is 7.02. The summed E-state index contributed by atoms with van der Waals surface area (Å²) in [6.45, 7) is 2.05. The van der Waals surface area contributed by atoms with E-state index in [-0.39, 0.29) is 35.3 Å². The minimum atomic E-state index is -2.95. The van der Waals surface area contributed by atoms with Gasteiger partial charge in [-0.2, -0.15) is 0 Å². The molecule has 1 heterocycles. The van der Waals surface area contributed by atoms with Crippen LogP contribution in [0.25, 0.3) is 0 Å². The smallest absolute Gasteiger partial charge is 0.308 e. The van der Waals surface area contributed by atoms with Gasteiger partial charge in [0.25, 0.3) is 0 Å². The largest absolute Gasteiger partial charge is 0.481 e. The van der Waals surface area contributed by atoms with Crippen LogP contribution in [0.2, 0.25) is 0 Å². The van der Waals surface area contributed by atoms with Crippen molar-refractivity contribution in [2.45, 2.75) is 32.6 Å². The maximum atomic E-state index is 12.4. The van der Waals surface area contributed by atoms with Crippen molar-refractivity contribution in [2.75, 3.05) is 18.1 Å². The van der Waals surface area contributed by atoms with Gasteiger partial charge in [-0.05, 0) is 43.6 Å². The van der Waals surface area contributed by atoms with Crippen molar-refractivity contribution in [1.82, 2.24) is 5.32 Å². The Morgan fingerprint density at radius 2 is 2.00 bits per heavy atom. The molecule has 2 fully saturated rings. The fraction of sp³-hybridized carbons (Fsp3) is 0.579. The van der Waals surface area contributed by atoms with Crippen LogP contribution < -0.4 is 5.32 Å². The van der Waals surface area contributed by atoms with Gasteiger partial charge in [-0.25, -0.2) is 8.42 Å². The van der Waals surface area contributed by atoms with Crippen molar-refractivity contribution < 1.29 is 23.1 Å². The molecule has 1 saturated heterocycles. The molecule has 1 aliphatic heterocycles. The predicted octanol–water partition coefficient (Wildman–Crippen LogP) is 1.57. The van der Waals surface area contributed by atoms with E-state index < -0.39 is 21.7 Å². The number of benzene rings is 1. The van der Waals surface area contributed by atoms with E-state index in [1.165, 1.54) is 0 Å². The summed E-state index contributed by atoms with van der Waals surface area (Å²) >= 11 is 0. The van der Waals surface area contributed by atoms with Gasteiger partial charge in [0.05, 0.1) is 17.4 Å². The van der Waals surface area contributed by atoms with Crippen LogP contribution in [-0.2, 0) is 25.8 Å². The molecule has 7 heteroatoms. The van der Waals surface area contributed by atoms with Gasteiger partial charge < -0.3 is 10.4 Å². The first-order valence-corrected chi connectivity index (χ1v) is 10.8. The van der Waals surface area contributed by atoms with E-state index in [2.05, 4.69) is 5.32 Å². The number of aliphatic carboxylic acids is 1. The van der Waals surface area contributed by atoms with Gasteiger partial charge in [0.2, 0.25) is 5.91 Å². The summed E-state index contributed by atoms with van der Waals surface area (Å²) in [4.78, 5) is 24.0. The average molecular weight is 379 g/mol. The van der Waals surface area contributed by atoms with E-state index in [1.807, 2.05) is 31.2 Å². The molecule has 1 amide bonds. The number of aryl methyl sites for hydroxylation is 1. The molecular formula is C19H25NO5S. The van der Waals surface area contributed by atoms with Crippen LogP contribution in [0.3, 0.4) is 0 Å². The van der Waals surface area contributed by atoms with Crippen LogP contribution in [0, 0.1) is 24.2 Å². The Morgan fingerprint density at radius 1 is 1.31 bits per heavy atom. The molecule has 26 heavy (non-hydrogen) atoms. The lowest BCUT2D eigenvalue weighted by Gasteiger charge is -2.22. The van der Waals surface area contributed by atoms with Crippen molar-refractivity contribution >= 4 is 21.7 Å². The maximum absolute atomic E-state index is 12.4. The van der Waals surface area contributed by atoms with Crippen molar-refractivity contribution in [1.29, 1.82) is 0 Å². The summed E-state index contributed by atoms with van der Waals surface area (Å²) in [7, 11) is -2.95. The monoisotopic (exact) mass is 379 g/mol. The van der Waals surface area contributed by atoms with Crippen LogP contribution in [0.5, 0.6) is 0 Å². The molecule has 3 rings (SSSR count). The highest BCUT2D eigenvalue weighted by atomic mass is 32.2. The first-order valence-electron chi connectivity index (χ1n) is 8.97. The summed E-state index contributed by atoms with van der Waals surface area (Å²) in [5, 5.41) is 12.2. The molecule has 1 aromatic rings. The van der Waals surface area contributed by atoms with E-state index in [0.717, 1.165) is 11.1 Å². The number of hydrogen-bond donors (Lipinski definition) is 2. The Morgan fingerprint density at radius 3 is 2.62 bits per heavy atom. The average Bonchev–Trinajstić information content (AvgIpc) is 3.29. The van der Waals surface area contributed by atoms with E-state index in [1.54, 1.807) is 0 Å². The lowest BCUT2D eigenvalue weighted by atomic mass is 9.95. The molecule has 0 radical (unpaired) electrons. The van der Waals surface area contributed by atoms with Crippen LogP contribution in [-0.4, -0.2) is 43.5 Å². The summed E-state index contributed by atoms with van der Waals surface area (Å²) < 4.78 is 23.1. The quantitative estimate of drug-likeness (QED) is 0.781. The first-order chi connectivity index (χ1) is 12.2. The number of rotatable bonds is 6. The van der Waals surface area contributed by atoms with Crippen molar-refractivity contribution in [2.24, 2.45) is 17.3 Å². The zero-order chi connectivity index (χ0) is 18.9. The summed E-state index contributed by atoms with van der Waals surface area (Å²) in [6.07, 6.45) is 2.16. The minimum absolute atomic E-state index is 0.0903. The van der Waals surface area contributed by atoms with Crippen LogP contribution in [0.4, 0.5) is 0 Å². The van der Waals surface area contributed by atoms with Gasteiger partial charge in [0, 0.05) is 12.5 Å². The van der Waals surface area contributed by atoms with Crippen LogP contribution in [0.15, 0.2) is 24.3 Å². The fourth-order valence-electron chi connectivity index (χ4n) is 3.93. The normalized spacial score (nSPS) is 24.0. The number of sulfone groups is 1. The van der Waals surface area contributed by atoms with Crippen molar-refractivity contribution in [3.05, 3.63) is 35.4 Å². The molecule has 0 aromatic heterocycles. The van der Waals surface area contributed by atoms with Gasteiger partial charge in [0.15, 0.2) is 0 Å². The molecule has 1 spiro atoms. The van der Waals surface area contributed by atoms with E-state index >= 15 is 0 Å². The van der Waals surface area contributed by atoms with E-state index in [9.17, 15) is 23.1 Å². The third-order valence-corrected chi connectivity index (χ3v) is 7.42. The predicted molar refractivity (Wildman–Crippen MR) is 97.4 cm³/mol. The molecular weight excluding hydrogens is 354 g/mol. The number of carboxylic acid groups (broad SMARTS) is 1. The lowest BCUT2D eigenvalue weighted by molar-refractivity contribution is -0.141. The van der Waals surface area contributed by atoms with E-state index in [0.29, 0.717) is 25.7 Å². The first kappa shape index (κ1) is 18.9. The van der Waals surface area contributed by atoms with Crippen LogP contribution in [0.1, 0.15) is 30.4 Å². The molecule has 6 nitrogen and oxygen atoms in total. The zero-order valence-electron chi connectivity index (χ0n) is 14.9. The Kier molecular flexibility index (Phi) is 5.10. The second-order valence-electron chi connectivity index (χ2n) is 7.74. The molecule has 2 atom stereocenters. The Hall–Kier alpha value is -1.89. The second-order valence-corrected chi connectivity index (χ2v) is 10.0. The standard InChI is InChI=1S/C19H25NO5S/c1-13-3-2-4-14(9-13)10-15(18(22)23)12-20-17(21)16-11-19(16)5-7-26(24,25)8-6-19/h2-4,9,15-16H,5-8,10-12H2,1H3,(H,20,21)(H,22,23). The van der Waals surface area contributed by atoms with Crippen molar-refractivity contribution in [3.8, 4) is 0 Å². The summed E-state index contributed by atoms with van der Waals surface area (Å²) in [6, 6.07) is 7.70. The zero-order valence-corrected chi connectivity index (χ0v) is 15.7. The van der Waals surface area contributed by atoms with Gasteiger partial charge >= 0.3 is 5.97 Å². The number of carboxylic acids is 1. The molecule has 1 saturated carbocycles. The number of carbonyl (C=O) groups is 2. The third-order valence-electron chi connectivity index (χ3n) is 5.76. The molecule has 2 unspecified atom stereocenters. The fourth-order valence-corrected chi connectivity index (χ4v) is 5.57.